The van der Waals surface area contributed by atoms with E-state index in [0.717, 1.165) is 26.1 Å². The number of rotatable bonds is 12. The molecule has 0 aliphatic rings. The zero-order valence-electron chi connectivity index (χ0n) is 13.9. The highest BCUT2D eigenvalue weighted by molar-refractivity contribution is 7.89. The summed E-state index contributed by atoms with van der Waals surface area (Å²) in [4.78, 5) is 2.79. The van der Waals surface area contributed by atoms with Gasteiger partial charge in [-0.2, -0.15) is 0 Å². The van der Waals surface area contributed by atoms with Crippen LogP contribution in [0.1, 0.15) is 46.0 Å². The molecule has 126 valence electrons. The van der Waals surface area contributed by atoms with Crippen molar-refractivity contribution >= 4 is 10.0 Å². The van der Waals surface area contributed by atoms with Crippen molar-refractivity contribution in [3.05, 3.63) is 30.3 Å². The smallest absolute Gasteiger partial charge is 0.240 e. The van der Waals surface area contributed by atoms with Crippen LogP contribution in [0.2, 0.25) is 0 Å². The summed E-state index contributed by atoms with van der Waals surface area (Å²) in [7, 11) is -3.36. The minimum Gasteiger partial charge on any atom is -0.303 e. The lowest BCUT2D eigenvalue weighted by Gasteiger charge is -2.21. The minimum atomic E-state index is -3.36. The van der Waals surface area contributed by atoms with E-state index in [1.54, 1.807) is 24.3 Å². The lowest BCUT2D eigenvalue weighted by Crippen LogP contribution is -2.31. The van der Waals surface area contributed by atoms with Crippen molar-refractivity contribution in [2.45, 2.75) is 50.8 Å². The van der Waals surface area contributed by atoms with Crippen LogP contribution in [0.4, 0.5) is 0 Å². The van der Waals surface area contributed by atoms with Gasteiger partial charge in [0.15, 0.2) is 0 Å². The first-order chi connectivity index (χ1) is 10.6. The highest BCUT2D eigenvalue weighted by Gasteiger charge is 2.12. The van der Waals surface area contributed by atoms with Crippen LogP contribution in [0.3, 0.4) is 0 Å². The van der Waals surface area contributed by atoms with E-state index in [0.29, 0.717) is 11.4 Å². The van der Waals surface area contributed by atoms with Crippen LogP contribution >= 0.6 is 0 Å². The van der Waals surface area contributed by atoms with Gasteiger partial charge in [0, 0.05) is 6.54 Å². The monoisotopic (exact) mass is 326 g/mol. The lowest BCUT2D eigenvalue weighted by atomic mass is 10.2. The second-order valence-electron chi connectivity index (χ2n) is 5.61. The number of unbranched alkanes of at least 4 members (excludes halogenated alkanes) is 2. The van der Waals surface area contributed by atoms with Gasteiger partial charge in [0.1, 0.15) is 0 Å². The van der Waals surface area contributed by atoms with Crippen molar-refractivity contribution in [3.8, 4) is 0 Å². The van der Waals surface area contributed by atoms with Crippen LogP contribution in [0.25, 0.3) is 0 Å². The van der Waals surface area contributed by atoms with E-state index in [-0.39, 0.29) is 0 Å². The highest BCUT2D eigenvalue weighted by atomic mass is 32.2. The maximum Gasteiger partial charge on any atom is 0.240 e. The normalized spacial score (nSPS) is 12.0. The molecule has 0 spiro atoms. The first-order valence-electron chi connectivity index (χ1n) is 8.37. The number of nitrogens with one attached hydrogen (secondary N) is 1. The Labute approximate surface area is 136 Å². The third-order valence-corrected chi connectivity index (χ3v) is 5.13. The summed E-state index contributed by atoms with van der Waals surface area (Å²) >= 11 is 0. The average molecular weight is 327 g/mol. The first kappa shape index (κ1) is 19.1. The van der Waals surface area contributed by atoms with Gasteiger partial charge in [-0.05, 0) is 51.0 Å². The summed E-state index contributed by atoms with van der Waals surface area (Å²) in [5.41, 5.74) is 0. The van der Waals surface area contributed by atoms with E-state index in [1.165, 1.54) is 25.7 Å². The molecule has 0 saturated heterocycles. The van der Waals surface area contributed by atoms with Gasteiger partial charge in [-0.15, -0.1) is 0 Å². The molecule has 0 unspecified atom stereocenters. The van der Waals surface area contributed by atoms with E-state index in [4.69, 9.17) is 0 Å². The second-order valence-corrected chi connectivity index (χ2v) is 7.38. The van der Waals surface area contributed by atoms with Crippen molar-refractivity contribution < 1.29 is 8.42 Å². The molecule has 22 heavy (non-hydrogen) atoms. The summed E-state index contributed by atoms with van der Waals surface area (Å²) in [6, 6.07) is 8.55. The predicted octanol–water partition coefficient (Wildman–Crippen LogP) is 3.26. The third-order valence-electron chi connectivity index (χ3n) is 3.65. The molecule has 1 aromatic carbocycles. The zero-order chi connectivity index (χ0) is 16.3. The molecule has 0 amide bonds. The van der Waals surface area contributed by atoms with Gasteiger partial charge in [-0.1, -0.05) is 44.9 Å². The lowest BCUT2D eigenvalue weighted by molar-refractivity contribution is 0.262. The summed E-state index contributed by atoms with van der Waals surface area (Å²) in [5, 5.41) is 0. The molecule has 0 bridgehead atoms. The minimum absolute atomic E-state index is 0.337. The number of benzene rings is 1. The molecule has 4 nitrogen and oxygen atoms in total. The van der Waals surface area contributed by atoms with Crippen LogP contribution in [0.5, 0.6) is 0 Å². The van der Waals surface area contributed by atoms with Crippen molar-refractivity contribution in [2.75, 3.05) is 26.2 Å². The molecule has 0 radical (unpaired) electrons. The van der Waals surface area contributed by atoms with Crippen molar-refractivity contribution in [1.82, 2.24) is 9.62 Å². The Hall–Kier alpha value is -0.910. The molecule has 0 aliphatic carbocycles. The van der Waals surface area contributed by atoms with Crippen LogP contribution in [0.15, 0.2) is 35.2 Å². The van der Waals surface area contributed by atoms with E-state index < -0.39 is 10.0 Å². The van der Waals surface area contributed by atoms with Gasteiger partial charge >= 0.3 is 0 Å². The average Bonchev–Trinajstić information content (AvgIpc) is 2.54. The maximum absolute atomic E-state index is 12.1. The third kappa shape index (κ3) is 7.38. The SMILES string of the molecule is CCCCN(CCCC)CCCNS(=O)(=O)c1ccccc1. The van der Waals surface area contributed by atoms with Gasteiger partial charge in [-0.25, -0.2) is 13.1 Å². The zero-order valence-corrected chi connectivity index (χ0v) is 14.7. The largest absolute Gasteiger partial charge is 0.303 e. The summed E-state index contributed by atoms with van der Waals surface area (Å²) < 4.78 is 26.9. The molecule has 0 fully saturated rings. The van der Waals surface area contributed by atoms with Crippen molar-refractivity contribution in [2.24, 2.45) is 0 Å². The Morgan fingerprint density at radius 1 is 0.909 bits per heavy atom. The fraction of sp³-hybridized carbons (Fsp3) is 0.647. The number of hydrogen-bond acceptors (Lipinski definition) is 3. The Morgan fingerprint density at radius 2 is 1.45 bits per heavy atom. The number of hydrogen-bond donors (Lipinski definition) is 1. The van der Waals surface area contributed by atoms with Gasteiger partial charge in [0.2, 0.25) is 10.0 Å². The van der Waals surface area contributed by atoms with E-state index in [9.17, 15) is 8.42 Å². The highest BCUT2D eigenvalue weighted by Crippen LogP contribution is 2.07. The summed E-state index contributed by atoms with van der Waals surface area (Å²) in [5.74, 6) is 0. The van der Waals surface area contributed by atoms with Crippen LogP contribution in [-0.4, -0.2) is 39.5 Å². The second kappa shape index (κ2) is 10.8. The van der Waals surface area contributed by atoms with Crippen molar-refractivity contribution in [1.29, 1.82) is 0 Å². The van der Waals surface area contributed by atoms with Gasteiger partial charge < -0.3 is 4.90 Å². The quantitative estimate of drug-likeness (QED) is 0.600. The number of nitrogens with zero attached hydrogens (tertiary/aromatic N) is 1. The molecular formula is C17H30N2O2S. The van der Waals surface area contributed by atoms with Crippen molar-refractivity contribution in [3.63, 3.8) is 0 Å². The van der Waals surface area contributed by atoms with Crippen LogP contribution in [-0.2, 0) is 10.0 Å². The topological polar surface area (TPSA) is 49.4 Å². The number of sulfonamides is 1. The molecule has 0 aromatic heterocycles. The van der Waals surface area contributed by atoms with Gasteiger partial charge in [0.25, 0.3) is 0 Å². The Morgan fingerprint density at radius 3 is 2.00 bits per heavy atom. The van der Waals surface area contributed by atoms with Gasteiger partial charge in [-0.3, -0.25) is 0 Å². The summed E-state index contributed by atoms with van der Waals surface area (Å²) in [6.45, 7) is 8.07. The molecule has 5 heteroatoms. The molecular weight excluding hydrogens is 296 g/mol. The summed E-state index contributed by atoms with van der Waals surface area (Å²) in [6.07, 6.45) is 5.66. The van der Waals surface area contributed by atoms with Crippen LogP contribution in [0, 0.1) is 0 Å². The fourth-order valence-corrected chi connectivity index (χ4v) is 3.39. The Kier molecular flexibility index (Phi) is 9.36. The van der Waals surface area contributed by atoms with E-state index in [2.05, 4.69) is 23.5 Å². The van der Waals surface area contributed by atoms with Gasteiger partial charge in [0.05, 0.1) is 4.90 Å². The molecule has 1 aromatic rings. The molecule has 0 heterocycles. The Balaban J connectivity index is 2.35. The van der Waals surface area contributed by atoms with E-state index >= 15 is 0 Å². The molecule has 0 aliphatic heterocycles. The molecule has 0 atom stereocenters. The van der Waals surface area contributed by atoms with E-state index in [1.807, 2.05) is 6.07 Å². The Bertz CT molecular complexity index is 481. The molecule has 1 rings (SSSR count). The maximum atomic E-state index is 12.1. The first-order valence-corrected chi connectivity index (χ1v) is 9.85. The molecule has 1 N–H and O–H groups in total. The fourth-order valence-electron chi connectivity index (χ4n) is 2.29. The molecule has 0 saturated carbocycles. The standard InChI is InChI=1S/C17H30N2O2S/c1-3-5-14-19(15-6-4-2)16-10-13-18-22(20,21)17-11-8-7-9-12-17/h7-9,11-12,18H,3-6,10,13-16H2,1-2H3. The predicted molar refractivity (Wildman–Crippen MR) is 92.5 cm³/mol. The van der Waals surface area contributed by atoms with Crippen LogP contribution < -0.4 is 4.72 Å².